The topological polar surface area (TPSA) is 130 Å². The Bertz CT molecular complexity index is 1900. The standard InChI is InChI=1S/C48H64Cl2O10P2/c1-5-21-57-61(53,58-22-6-2)43-31-39-27-35-15-13-17-37(47(35)55-25-11-9-19-49)29-41-33-44(62(54,59-23-7-3)60-24-8-4)34-42(46(41)52)30-38-18-14-16-36(28-40(32-43)45(39)51)48(38)56-26-12-10-20-50/h13-18,31-34,51-52H,5-12,19-30H2,1-4H3. The average molecular weight is 934 g/mol. The largest absolute Gasteiger partial charge is 0.507 e. The van der Waals surface area contributed by atoms with Crippen LogP contribution >= 0.6 is 38.4 Å². The number of hydrogen-bond acceptors (Lipinski definition) is 10. The van der Waals surface area contributed by atoms with Crippen LogP contribution < -0.4 is 20.1 Å². The van der Waals surface area contributed by atoms with Crippen molar-refractivity contribution >= 4 is 49.0 Å². The third-order valence-corrected chi connectivity index (χ3v) is 14.8. The van der Waals surface area contributed by atoms with Crippen LogP contribution in [0.2, 0.25) is 0 Å². The molecule has 0 fully saturated rings. The van der Waals surface area contributed by atoms with E-state index in [1.165, 1.54) is 0 Å². The summed E-state index contributed by atoms with van der Waals surface area (Å²) in [6.45, 7) is 9.49. The molecule has 340 valence electrons. The van der Waals surface area contributed by atoms with E-state index in [2.05, 4.69) is 0 Å². The highest BCUT2D eigenvalue weighted by Gasteiger charge is 2.32. The molecule has 0 saturated heterocycles. The van der Waals surface area contributed by atoms with Crippen LogP contribution in [0.5, 0.6) is 23.0 Å². The SMILES string of the molecule is CCCOP(=O)(OCCC)c1cc2c(O)c(c1)Cc1cccc(c1OCCCCCl)Cc1cc(P(=O)(OCCC)OCCC)cc(c1O)Cc1cccc(c1OCCCCCl)C2. The summed E-state index contributed by atoms with van der Waals surface area (Å²) >= 11 is 12.1. The van der Waals surface area contributed by atoms with Crippen LogP contribution in [-0.2, 0) is 52.9 Å². The fourth-order valence-electron chi connectivity index (χ4n) is 7.32. The van der Waals surface area contributed by atoms with Gasteiger partial charge in [-0.3, -0.25) is 9.13 Å². The Hall–Kier alpha value is -3.04. The van der Waals surface area contributed by atoms with E-state index >= 15 is 0 Å². The molecule has 8 bridgehead atoms. The lowest BCUT2D eigenvalue weighted by atomic mass is 9.91. The molecule has 0 atom stereocenters. The van der Waals surface area contributed by atoms with Crippen LogP contribution in [0.1, 0.15) is 124 Å². The van der Waals surface area contributed by atoms with E-state index in [0.717, 1.165) is 35.1 Å². The molecule has 0 saturated carbocycles. The number of fused-ring (bicyclic) bond motifs is 8. The summed E-state index contributed by atoms with van der Waals surface area (Å²) in [5, 5.41) is 25.2. The highest BCUT2D eigenvalue weighted by Crippen LogP contribution is 2.51. The second kappa shape index (κ2) is 24.9. The monoisotopic (exact) mass is 932 g/mol. The number of alkyl halides is 2. The molecule has 0 spiro atoms. The Labute approximate surface area is 378 Å². The van der Waals surface area contributed by atoms with Gasteiger partial charge in [-0.2, -0.15) is 0 Å². The first-order valence-electron chi connectivity index (χ1n) is 22.1. The van der Waals surface area contributed by atoms with E-state index < -0.39 is 15.2 Å². The molecule has 14 heteroatoms. The molecule has 0 aliphatic heterocycles. The van der Waals surface area contributed by atoms with Crippen molar-refractivity contribution in [3.05, 3.63) is 105 Å². The molecule has 0 heterocycles. The molecule has 62 heavy (non-hydrogen) atoms. The molecule has 1 aliphatic rings. The molecule has 1 aliphatic carbocycles. The van der Waals surface area contributed by atoms with Crippen molar-refractivity contribution in [3.63, 3.8) is 0 Å². The van der Waals surface area contributed by atoms with Gasteiger partial charge in [0.25, 0.3) is 0 Å². The zero-order valence-corrected chi connectivity index (χ0v) is 40.0. The molecule has 0 amide bonds. The number of ether oxygens (including phenoxy) is 2. The number of rotatable bonds is 24. The Balaban J connectivity index is 1.81. The molecule has 10 nitrogen and oxygen atoms in total. The molecule has 4 aromatic carbocycles. The maximum atomic E-state index is 14.7. The van der Waals surface area contributed by atoms with Gasteiger partial charge < -0.3 is 37.8 Å². The van der Waals surface area contributed by atoms with Crippen LogP contribution in [0.4, 0.5) is 0 Å². The molecule has 0 aromatic heterocycles. The van der Waals surface area contributed by atoms with E-state index in [9.17, 15) is 19.3 Å². The summed E-state index contributed by atoms with van der Waals surface area (Å²) in [4.78, 5) is 0. The fourth-order valence-corrected chi connectivity index (χ4v) is 11.4. The number of aromatic hydroxyl groups is 2. The van der Waals surface area contributed by atoms with E-state index in [-0.39, 0.29) is 63.6 Å². The third kappa shape index (κ3) is 13.0. The first-order valence-corrected chi connectivity index (χ1v) is 26.3. The Morgan fingerprint density at radius 3 is 1.02 bits per heavy atom. The first-order chi connectivity index (χ1) is 30.0. The predicted molar refractivity (Wildman–Crippen MR) is 251 cm³/mol. The number of phenolic OH excluding ortho intramolecular Hbond substituents is 2. The van der Waals surface area contributed by atoms with Gasteiger partial charge in [0, 0.05) is 37.4 Å². The molecule has 2 N–H and O–H groups in total. The zero-order valence-electron chi connectivity index (χ0n) is 36.7. The van der Waals surface area contributed by atoms with Crippen molar-refractivity contribution in [2.24, 2.45) is 0 Å². The molecule has 4 aromatic rings. The maximum Gasteiger partial charge on any atom is 0.361 e. The van der Waals surface area contributed by atoms with Crippen molar-refractivity contribution in [1.82, 2.24) is 0 Å². The second-order valence-corrected chi connectivity index (χ2v) is 20.4. The summed E-state index contributed by atoms with van der Waals surface area (Å²) in [6.07, 6.45) is 6.30. The van der Waals surface area contributed by atoms with Crippen LogP contribution in [0.25, 0.3) is 0 Å². The minimum absolute atomic E-state index is 0.0535. The minimum Gasteiger partial charge on any atom is -0.507 e. The lowest BCUT2D eigenvalue weighted by Gasteiger charge is -2.24. The molecular formula is C48H64Cl2O10P2. The summed E-state index contributed by atoms with van der Waals surface area (Å²) in [5.41, 5.74) is 5.13. The van der Waals surface area contributed by atoms with Gasteiger partial charge in [0.15, 0.2) is 0 Å². The van der Waals surface area contributed by atoms with Crippen molar-refractivity contribution in [3.8, 4) is 23.0 Å². The van der Waals surface area contributed by atoms with Crippen LogP contribution in [-0.4, -0.2) is 61.6 Å². The Morgan fingerprint density at radius 1 is 0.468 bits per heavy atom. The van der Waals surface area contributed by atoms with Crippen LogP contribution in [0, 0.1) is 0 Å². The lowest BCUT2D eigenvalue weighted by Crippen LogP contribution is -2.16. The first kappa shape index (κ1) is 50.0. The van der Waals surface area contributed by atoms with Gasteiger partial charge in [-0.05, 0) is 120 Å². The van der Waals surface area contributed by atoms with Crippen LogP contribution in [0.15, 0.2) is 60.7 Å². The van der Waals surface area contributed by atoms with E-state index in [4.69, 9.17) is 50.8 Å². The summed E-state index contributed by atoms with van der Waals surface area (Å²) < 4.78 is 66.8. The molecule has 5 rings (SSSR count). The zero-order chi connectivity index (χ0) is 44.5. The lowest BCUT2D eigenvalue weighted by molar-refractivity contribution is 0.213. The minimum atomic E-state index is -3.83. The van der Waals surface area contributed by atoms with E-state index in [0.29, 0.717) is 108 Å². The maximum absolute atomic E-state index is 14.7. The highest BCUT2D eigenvalue weighted by molar-refractivity contribution is 7.62. The predicted octanol–water partition coefficient (Wildman–Crippen LogP) is 11.9. The quantitative estimate of drug-likeness (QED) is 0.0350. The van der Waals surface area contributed by atoms with Gasteiger partial charge in [0.1, 0.15) is 23.0 Å². The number of para-hydroxylation sites is 2. The fraction of sp³-hybridized carbons (Fsp3) is 0.500. The van der Waals surface area contributed by atoms with E-state index in [1.54, 1.807) is 24.3 Å². The number of unbranched alkanes of at least 4 members (excludes halogenated alkanes) is 2. The van der Waals surface area contributed by atoms with Crippen LogP contribution in [0.3, 0.4) is 0 Å². The molecule has 0 unspecified atom stereocenters. The molecule has 0 radical (unpaired) electrons. The average Bonchev–Trinajstić information content (AvgIpc) is 3.27. The smallest absolute Gasteiger partial charge is 0.361 e. The Morgan fingerprint density at radius 2 is 0.758 bits per heavy atom. The number of halogens is 2. The van der Waals surface area contributed by atoms with Crippen molar-refractivity contribution < 1.29 is 46.9 Å². The Kier molecular flexibility index (Phi) is 20.0. The van der Waals surface area contributed by atoms with Gasteiger partial charge >= 0.3 is 15.2 Å². The summed E-state index contributed by atoms with van der Waals surface area (Å²) in [7, 11) is -7.67. The second-order valence-electron chi connectivity index (χ2n) is 15.6. The van der Waals surface area contributed by atoms with E-state index in [1.807, 2.05) is 64.1 Å². The van der Waals surface area contributed by atoms with Crippen molar-refractivity contribution in [2.45, 2.75) is 105 Å². The molecular weight excluding hydrogens is 869 g/mol. The number of phenols is 2. The van der Waals surface area contributed by atoms with Gasteiger partial charge in [-0.15, -0.1) is 23.2 Å². The number of benzene rings is 4. The summed E-state index contributed by atoms with van der Waals surface area (Å²) in [5.74, 6) is 2.27. The van der Waals surface area contributed by atoms with Gasteiger partial charge in [-0.25, -0.2) is 0 Å². The van der Waals surface area contributed by atoms with Gasteiger partial charge in [0.05, 0.1) is 50.3 Å². The van der Waals surface area contributed by atoms with Crippen molar-refractivity contribution in [1.29, 1.82) is 0 Å². The summed E-state index contributed by atoms with van der Waals surface area (Å²) in [6, 6.07) is 18.5. The van der Waals surface area contributed by atoms with Crippen molar-refractivity contribution in [2.75, 3.05) is 51.4 Å². The third-order valence-electron chi connectivity index (χ3n) is 10.4. The highest BCUT2D eigenvalue weighted by atomic mass is 35.5. The normalized spacial score (nSPS) is 13.0. The van der Waals surface area contributed by atoms with Gasteiger partial charge in [-0.1, -0.05) is 64.1 Å². The van der Waals surface area contributed by atoms with Gasteiger partial charge in [0.2, 0.25) is 0 Å². The number of hydrogen-bond donors (Lipinski definition) is 2.